The fraction of sp³-hybridized carbons (Fsp3) is 1.00. The Kier molecular flexibility index (Phi) is 5.08. The molecule has 0 spiro atoms. The normalized spacial score (nSPS) is 34.8. The molecule has 2 aliphatic carbocycles. The van der Waals surface area contributed by atoms with Crippen molar-refractivity contribution in [3.63, 3.8) is 0 Å². The highest BCUT2D eigenvalue weighted by Gasteiger charge is 2.41. The van der Waals surface area contributed by atoms with Crippen molar-refractivity contribution in [3.8, 4) is 0 Å². The highest BCUT2D eigenvalue weighted by atomic mass is 16.5. The molecule has 2 fully saturated rings. The van der Waals surface area contributed by atoms with Crippen LogP contribution in [0.5, 0.6) is 0 Å². The fourth-order valence-corrected chi connectivity index (χ4v) is 4.08. The van der Waals surface area contributed by atoms with Crippen molar-refractivity contribution in [2.45, 2.75) is 82.8 Å². The highest BCUT2D eigenvalue weighted by molar-refractivity contribution is 4.97. The zero-order chi connectivity index (χ0) is 13.0. The Bertz CT molecular complexity index is 237. The van der Waals surface area contributed by atoms with Crippen LogP contribution in [0, 0.1) is 11.8 Å². The molecule has 1 unspecified atom stereocenters. The molecule has 2 saturated carbocycles. The molecule has 0 aromatic carbocycles. The maximum absolute atomic E-state index is 6.66. The highest BCUT2D eigenvalue weighted by Crippen LogP contribution is 2.39. The summed E-state index contributed by atoms with van der Waals surface area (Å²) in [6.45, 7) is 2.37. The maximum Gasteiger partial charge on any atom is 0.0831 e. The van der Waals surface area contributed by atoms with E-state index in [2.05, 4.69) is 6.92 Å². The van der Waals surface area contributed by atoms with Gasteiger partial charge in [0.05, 0.1) is 5.60 Å². The molecule has 0 aliphatic heterocycles. The monoisotopic (exact) mass is 253 g/mol. The summed E-state index contributed by atoms with van der Waals surface area (Å²) in [5, 5.41) is 0. The number of rotatable bonds is 3. The predicted octanol–water partition coefficient (Wildman–Crippen LogP) is 3.88. The summed E-state index contributed by atoms with van der Waals surface area (Å²) in [6, 6.07) is 0.257. The SMILES string of the molecule is COC1(C(N)C2CCC(C)CC2)CCCCCC1. The van der Waals surface area contributed by atoms with Gasteiger partial charge in [-0.3, -0.25) is 0 Å². The number of hydrogen-bond donors (Lipinski definition) is 1. The molecule has 2 rings (SSSR count). The van der Waals surface area contributed by atoms with Crippen LogP contribution in [0.2, 0.25) is 0 Å². The van der Waals surface area contributed by atoms with Gasteiger partial charge in [-0.2, -0.15) is 0 Å². The van der Waals surface area contributed by atoms with Crippen molar-refractivity contribution in [2.24, 2.45) is 17.6 Å². The molecule has 2 N–H and O–H groups in total. The Morgan fingerprint density at radius 2 is 1.56 bits per heavy atom. The molecule has 0 aromatic heterocycles. The number of methoxy groups -OCH3 is 1. The quantitative estimate of drug-likeness (QED) is 0.775. The second kappa shape index (κ2) is 6.38. The zero-order valence-electron chi connectivity index (χ0n) is 12.3. The van der Waals surface area contributed by atoms with E-state index in [4.69, 9.17) is 10.5 Å². The van der Waals surface area contributed by atoms with Crippen LogP contribution in [0.4, 0.5) is 0 Å². The van der Waals surface area contributed by atoms with E-state index in [9.17, 15) is 0 Å². The minimum absolute atomic E-state index is 0.0122. The molecule has 0 aromatic rings. The van der Waals surface area contributed by atoms with E-state index in [-0.39, 0.29) is 11.6 Å². The summed E-state index contributed by atoms with van der Waals surface area (Å²) in [7, 11) is 1.89. The molecule has 2 nitrogen and oxygen atoms in total. The first-order valence-corrected chi connectivity index (χ1v) is 7.99. The average molecular weight is 253 g/mol. The van der Waals surface area contributed by atoms with Gasteiger partial charge in [-0.15, -0.1) is 0 Å². The maximum atomic E-state index is 6.66. The minimum Gasteiger partial charge on any atom is -0.377 e. The summed E-state index contributed by atoms with van der Waals surface area (Å²) in [5.74, 6) is 1.60. The molecular formula is C16H31NO. The molecule has 0 radical (unpaired) electrons. The Hall–Kier alpha value is -0.0800. The van der Waals surface area contributed by atoms with Crippen molar-refractivity contribution in [2.75, 3.05) is 7.11 Å². The second-order valence-corrected chi connectivity index (χ2v) is 6.73. The molecule has 106 valence electrons. The fourth-order valence-electron chi connectivity index (χ4n) is 4.08. The van der Waals surface area contributed by atoms with Crippen LogP contribution in [0.1, 0.15) is 71.1 Å². The molecule has 0 amide bonds. The number of nitrogens with two attached hydrogens (primary N) is 1. The number of ether oxygens (including phenoxy) is 1. The Morgan fingerprint density at radius 3 is 2.06 bits per heavy atom. The molecule has 0 saturated heterocycles. The van der Waals surface area contributed by atoms with E-state index in [0.717, 1.165) is 5.92 Å². The third-order valence-electron chi connectivity index (χ3n) is 5.53. The lowest BCUT2D eigenvalue weighted by Gasteiger charge is -2.43. The van der Waals surface area contributed by atoms with Gasteiger partial charge < -0.3 is 10.5 Å². The molecule has 0 bridgehead atoms. The van der Waals surface area contributed by atoms with E-state index >= 15 is 0 Å². The second-order valence-electron chi connectivity index (χ2n) is 6.73. The summed E-state index contributed by atoms with van der Waals surface area (Å²) >= 11 is 0. The lowest BCUT2D eigenvalue weighted by molar-refractivity contribution is -0.0621. The third-order valence-corrected chi connectivity index (χ3v) is 5.53. The predicted molar refractivity (Wildman–Crippen MR) is 76.5 cm³/mol. The van der Waals surface area contributed by atoms with Crippen LogP contribution in [0.15, 0.2) is 0 Å². The van der Waals surface area contributed by atoms with E-state index in [0.29, 0.717) is 5.92 Å². The summed E-state index contributed by atoms with van der Waals surface area (Å²) in [5.41, 5.74) is 6.65. The van der Waals surface area contributed by atoms with Gasteiger partial charge in [0.15, 0.2) is 0 Å². The first-order valence-electron chi connectivity index (χ1n) is 7.99. The van der Waals surface area contributed by atoms with E-state index in [1.807, 2.05) is 7.11 Å². The topological polar surface area (TPSA) is 35.2 Å². The van der Waals surface area contributed by atoms with Gasteiger partial charge in [0.2, 0.25) is 0 Å². The van der Waals surface area contributed by atoms with Gasteiger partial charge >= 0.3 is 0 Å². The molecule has 1 atom stereocenters. The van der Waals surface area contributed by atoms with E-state index < -0.39 is 0 Å². The van der Waals surface area contributed by atoms with Gasteiger partial charge in [-0.05, 0) is 37.5 Å². The number of hydrogen-bond acceptors (Lipinski definition) is 2. The lowest BCUT2D eigenvalue weighted by atomic mass is 9.72. The van der Waals surface area contributed by atoms with E-state index in [1.165, 1.54) is 64.2 Å². The van der Waals surface area contributed by atoms with Gasteiger partial charge in [0.1, 0.15) is 0 Å². The third kappa shape index (κ3) is 3.08. The van der Waals surface area contributed by atoms with Crippen LogP contribution in [0.3, 0.4) is 0 Å². The largest absolute Gasteiger partial charge is 0.377 e. The summed E-state index contributed by atoms with van der Waals surface area (Å²) in [4.78, 5) is 0. The van der Waals surface area contributed by atoms with Crippen LogP contribution in [-0.2, 0) is 4.74 Å². The zero-order valence-corrected chi connectivity index (χ0v) is 12.3. The molecule has 2 aliphatic rings. The van der Waals surface area contributed by atoms with Crippen molar-refractivity contribution in [3.05, 3.63) is 0 Å². The van der Waals surface area contributed by atoms with Crippen molar-refractivity contribution in [1.29, 1.82) is 0 Å². The Morgan fingerprint density at radius 1 is 1.00 bits per heavy atom. The van der Waals surface area contributed by atoms with Crippen LogP contribution in [-0.4, -0.2) is 18.8 Å². The van der Waals surface area contributed by atoms with Gasteiger partial charge in [0.25, 0.3) is 0 Å². The van der Waals surface area contributed by atoms with Crippen molar-refractivity contribution >= 4 is 0 Å². The molecule has 2 heteroatoms. The van der Waals surface area contributed by atoms with Gasteiger partial charge in [0, 0.05) is 13.2 Å². The van der Waals surface area contributed by atoms with Crippen molar-refractivity contribution < 1.29 is 4.74 Å². The standard InChI is InChI=1S/C16H31NO/c1-13-7-9-14(10-8-13)15(17)16(18-2)11-5-3-4-6-12-16/h13-15H,3-12,17H2,1-2H3. The Labute approximate surface area is 113 Å². The summed E-state index contributed by atoms with van der Waals surface area (Å²) in [6.07, 6.45) is 13.0. The first kappa shape index (κ1) is 14.3. The average Bonchev–Trinajstić information content (AvgIpc) is 2.65. The van der Waals surface area contributed by atoms with Crippen molar-refractivity contribution in [1.82, 2.24) is 0 Å². The molecule has 0 heterocycles. The van der Waals surface area contributed by atoms with Crippen LogP contribution >= 0.6 is 0 Å². The van der Waals surface area contributed by atoms with Gasteiger partial charge in [-0.25, -0.2) is 0 Å². The lowest BCUT2D eigenvalue weighted by Crippen LogP contribution is -2.54. The smallest absolute Gasteiger partial charge is 0.0831 e. The minimum atomic E-state index is -0.0122. The molecular weight excluding hydrogens is 222 g/mol. The van der Waals surface area contributed by atoms with Gasteiger partial charge in [-0.1, -0.05) is 45.4 Å². The first-order chi connectivity index (χ1) is 8.68. The summed E-state index contributed by atoms with van der Waals surface area (Å²) < 4.78 is 5.98. The Balaban J connectivity index is 2.01. The molecule has 18 heavy (non-hydrogen) atoms. The van der Waals surface area contributed by atoms with Crippen LogP contribution in [0.25, 0.3) is 0 Å². The van der Waals surface area contributed by atoms with E-state index in [1.54, 1.807) is 0 Å². The van der Waals surface area contributed by atoms with Crippen LogP contribution < -0.4 is 5.73 Å².